The van der Waals surface area contributed by atoms with Crippen LogP contribution >= 0.6 is 11.6 Å². The molecule has 0 bridgehead atoms. The number of piperazine rings is 1. The molecular weight excluding hydrogens is 620 g/mol. The number of ether oxygens (including phenoxy) is 1. The topological polar surface area (TPSA) is 79.0 Å². The summed E-state index contributed by atoms with van der Waals surface area (Å²) in [6.07, 6.45) is 2.45. The molecule has 1 N–H and O–H groups in total. The van der Waals surface area contributed by atoms with Crippen molar-refractivity contribution >= 4 is 33.2 Å². The van der Waals surface area contributed by atoms with Gasteiger partial charge >= 0.3 is 0 Å². The molecule has 3 aromatic carbocycles. The number of hydrogen-bond acceptors (Lipinski definition) is 5. The number of amides is 1. The number of anilines is 1. The number of nitrogens with zero attached hydrogens (tertiary/aromatic N) is 2. The monoisotopic (exact) mass is 659 g/mol. The normalized spacial score (nSPS) is 21.0. The van der Waals surface area contributed by atoms with Crippen molar-refractivity contribution in [2.45, 2.75) is 61.9 Å². The second-order valence-corrected chi connectivity index (χ2v) is 14.5. The zero-order valence-corrected chi connectivity index (χ0v) is 27.2. The van der Waals surface area contributed by atoms with Gasteiger partial charge in [-0.15, -0.1) is 0 Å². The fraction of sp³-hybridized carbons (Fsp3) is 0.441. The molecule has 3 aromatic rings. The summed E-state index contributed by atoms with van der Waals surface area (Å²) in [5, 5.41) is 3.59. The largest absolute Gasteiger partial charge is 0.381 e. The van der Waals surface area contributed by atoms with E-state index in [1.54, 1.807) is 12.1 Å². The number of carbonyl (C=O) groups is 1. The van der Waals surface area contributed by atoms with Gasteiger partial charge in [-0.3, -0.25) is 4.79 Å². The van der Waals surface area contributed by atoms with Crippen LogP contribution in [0.2, 0.25) is 5.02 Å². The average molecular weight is 660 g/mol. The molecule has 0 aliphatic carbocycles. The Balaban J connectivity index is 1.34. The van der Waals surface area contributed by atoms with Crippen molar-refractivity contribution in [1.29, 1.82) is 0 Å². The molecule has 3 atom stereocenters. The fourth-order valence-corrected chi connectivity index (χ4v) is 8.77. The van der Waals surface area contributed by atoms with Gasteiger partial charge in [-0.25, -0.2) is 17.2 Å². The molecule has 242 valence electrons. The Kier molecular flexibility index (Phi) is 10.9. The van der Waals surface area contributed by atoms with E-state index in [0.29, 0.717) is 49.0 Å². The predicted molar refractivity (Wildman–Crippen MR) is 172 cm³/mol. The van der Waals surface area contributed by atoms with Gasteiger partial charge in [-0.2, -0.15) is 4.31 Å². The van der Waals surface area contributed by atoms with Crippen molar-refractivity contribution in [3.05, 3.63) is 94.5 Å². The van der Waals surface area contributed by atoms with Crippen molar-refractivity contribution in [3.63, 3.8) is 0 Å². The number of sulfonamides is 1. The minimum atomic E-state index is -3.94. The Bertz CT molecular complexity index is 1570. The van der Waals surface area contributed by atoms with E-state index in [4.69, 9.17) is 16.3 Å². The molecule has 0 aromatic heterocycles. The van der Waals surface area contributed by atoms with Gasteiger partial charge in [-0.1, -0.05) is 29.8 Å². The second kappa shape index (κ2) is 14.7. The fourth-order valence-electron chi connectivity index (χ4n) is 6.81. The van der Waals surface area contributed by atoms with Crippen LogP contribution in [0.15, 0.2) is 71.6 Å². The molecule has 11 heteroatoms. The molecule has 1 unspecified atom stereocenters. The summed E-state index contributed by atoms with van der Waals surface area (Å²) < 4.78 is 63.4. The first-order valence-electron chi connectivity index (χ1n) is 15.4. The summed E-state index contributed by atoms with van der Waals surface area (Å²) in [7, 11) is -2.01. The molecule has 2 fully saturated rings. The van der Waals surface area contributed by atoms with Gasteiger partial charge in [0.15, 0.2) is 0 Å². The molecule has 45 heavy (non-hydrogen) atoms. The van der Waals surface area contributed by atoms with Crippen LogP contribution in [0, 0.1) is 17.6 Å². The van der Waals surface area contributed by atoms with E-state index in [2.05, 4.69) is 10.2 Å². The maximum Gasteiger partial charge on any atom is 0.243 e. The Labute approximate surface area is 269 Å². The standard InChI is InChI=1S/C34H40ClF2N3O4S/c1-23-21-39(2)22-28(40(23)45(42,43)29-13-10-27(36)11-14-29)12-15-30-32(37)4-3-5-33(30)38-34(41)20-31(25-16-18-44-19-17-25)24-6-8-26(35)9-7-24/h3-11,13-14,23,25,28,31H,12,15-22H2,1-2H3,(H,38,41)/t23-,28+,31?/m1/s1. The Morgan fingerprint density at radius 1 is 1.02 bits per heavy atom. The summed E-state index contributed by atoms with van der Waals surface area (Å²) in [6, 6.07) is 16.2. The minimum Gasteiger partial charge on any atom is -0.381 e. The van der Waals surface area contributed by atoms with E-state index in [1.807, 2.05) is 38.2 Å². The smallest absolute Gasteiger partial charge is 0.243 e. The first-order valence-corrected chi connectivity index (χ1v) is 17.2. The van der Waals surface area contributed by atoms with Gasteiger partial charge in [0.2, 0.25) is 15.9 Å². The van der Waals surface area contributed by atoms with Crippen molar-refractivity contribution in [3.8, 4) is 0 Å². The molecular formula is C34H40ClF2N3O4S. The van der Waals surface area contributed by atoms with E-state index >= 15 is 4.39 Å². The van der Waals surface area contributed by atoms with Gasteiger partial charge in [0.05, 0.1) is 4.90 Å². The van der Waals surface area contributed by atoms with Crippen molar-refractivity contribution in [1.82, 2.24) is 9.21 Å². The van der Waals surface area contributed by atoms with Crippen LogP contribution in [0.25, 0.3) is 0 Å². The number of carbonyl (C=O) groups excluding carboxylic acids is 1. The SMILES string of the molecule is C[C@@H]1CN(C)C[C@H](CCc2c(F)cccc2NC(=O)CC(c2ccc(Cl)cc2)C2CCOCC2)N1S(=O)(=O)c1ccc(F)cc1. The second-order valence-electron chi connectivity index (χ2n) is 12.2. The highest BCUT2D eigenvalue weighted by molar-refractivity contribution is 7.89. The van der Waals surface area contributed by atoms with Crippen molar-refractivity contribution in [2.75, 3.05) is 38.7 Å². The van der Waals surface area contributed by atoms with Crippen molar-refractivity contribution in [2.24, 2.45) is 5.92 Å². The molecule has 1 amide bonds. The molecule has 5 rings (SSSR count). The zero-order valence-electron chi connectivity index (χ0n) is 25.6. The predicted octanol–water partition coefficient (Wildman–Crippen LogP) is 6.48. The number of nitrogens with one attached hydrogen (secondary N) is 1. The molecule has 0 spiro atoms. The molecule has 2 heterocycles. The van der Waals surface area contributed by atoms with Crippen LogP contribution in [0.4, 0.5) is 14.5 Å². The summed E-state index contributed by atoms with van der Waals surface area (Å²) in [5.74, 6) is -0.987. The molecule has 0 saturated carbocycles. The third-order valence-corrected chi connectivity index (χ3v) is 11.3. The summed E-state index contributed by atoms with van der Waals surface area (Å²) in [4.78, 5) is 15.6. The highest BCUT2D eigenvalue weighted by Gasteiger charge is 2.39. The quantitative estimate of drug-likeness (QED) is 0.270. The molecule has 0 radical (unpaired) electrons. The Morgan fingerprint density at radius 3 is 2.40 bits per heavy atom. The highest BCUT2D eigenvalue weighted by atomic mass is 35.5. The van der Waals surface area contributed by atoms with E-state index in [9.17, 15) is 17.6 Å². The number of likely N-dealkylation sites (N-methyl/N-ethyl adjacent to an activating group) is 1. The van der Waals surface area contributed by atoms with E-state index in [-0.39, 0.29) is 41.5 Å². The number of hydrogen-bond donors (Lipinski definition) is 1. The molecule has 2 aliphatic rings. The Morgan fingerprint density at radius 2 is 1.71 bits per heavy atom. The van der Waals surface area contributed by atoms with Gasteiger partial charge in [-0.05, 0) is 106 Å². The van der Waals surface area contributed by atoms with Crippen LogP contribution < -0.4 is 5.32 Å². The van der Waals surface area contributed by atoms with Crippen LogP contribution in [0.1, 0.15) is 49.7 Å². The third kappa shape index (κ3) is 8.10. The highest BCUT2D eigenvalue weighted by Crippen LogP contribution is 2.36. The molecule has 7 nitrogen and oxygen atoms in total. The lowest BCUT2D eigenvalue weighted by atomic mass is 9.79. The minimum absolute atomic E-state index is 0.0175. The first kappa shape index (κ1) is 33.5. The van der Waals surface area contributed by atoms with Crippen LogP contribution in [0.3, 0.4) is 0 Å². The lowest BCUT2D eigenvalue weighted by molar-refractivity contribution is -0.117. The third-order valence-electron chi connectivity index (χ3n) is 8.94. The van der Waals surface area contributed by atoms with Crippen LogP contribution in [-0.4, -0.2) is 69.0 Å². The lowest BCUT2D eigenvalue weighted by Crippen LogP contribution is -2.58. The number of halogens is 3. The van der Waals surface area contributed by atoms with Crippen molar-refractivity contribution < 1.29 is 26.7 Å². The van der Waals surface area contributed by atoms with Gasteiger partial charge < -0.3 is 15.0 Å². The maximum absolute atomic E-state index is 15.3. The summed E-state index contributed by atoms with van der Waals surface area (Å²) >= 11 is 6.13. The molecule has 2 saturated heterocycles. The summed E-state index contributed by atoms with van der Waals surface area (Å²) in [6.45, 7) is 4.11. The van der Waals surface area contributed by atoms with Crippen LogP contribution in [0.5, 0.6) is 0 Å². The van der Waals surface area contributed by atoms with Gasteiger partial charge in [0, 0.05) is 61.1 Å². The van der Waals surface area contributed by atoms with E-state index in [1.165, 1.54) is 22.5 Å². The summed E-state index contributed by atoms with van der Waals surface area (Å²) in [5.41, 5.74) is 1.74. The number of rotatable bonds is 10. The zero-order chi connectivity index (χ0) is 32.1. The average Bonchev–Trinajstić information content (AvgIpc) is 3.00. The number of benzene rings is 3. The van der Waals surface area contributed by atoms with E-state index in [0.717, 1.165) is 30.5 Å². The van der Waals surface area contributed by atoms with E-state index < -0.39 is 27.7 Å². The van der Waals surface area contributed by atoms with Crippen LogP contribution in [-0.2, 0) is 26.0 Å². The first-order chi connectivity index (χ1) is 21.5. The van der Waals surface area contributed by atoms with Gasteiger partial charge in [0.25, 0.3) is 0 Å². The molecule has 2 aliphatic heterocycles. The maximum atomic E-state index is 15.3. The van der Waals surface area contributed by atoms with Gasteiger partial charge in [0.1, 0.15) is 11.6 Å². The Hall–Kier alpha value is -2.89. The lowest BCUT2D eigenvalue weighted by Gasteiger charge is -2.43.